The SMILES string of the molecule is CN(C(=O)C1CCC1)C1CCCN(c2nc3ccccc3n2C)C1. The van der Waals surface area contributed by atoms with Gasteiger partial charge in [-0.2, -0.15) is 0 Å². The predicted molar refractivity (Wildman–Crippen MR) is 96.1 cm³/mol. The summed E-state index contributed by atoms with van der Waals surface area (Å²) in [6.45, 7) is 1.89. The molecule has 2 heterocycles. The molecule has 2 fully saturated rings. The molecular formula is C19H26N4O. The molecule has 1 aliphatic heterocycles. The smallest absolute Gasteiger partial charge is 0.225 e. The van der Waals surface area contributed by atoms with Crippen LogP contribution in [-0.2, 0) is 11.8 Å². The summed E-state index contributed by atoms with van der Waals surface area (Å²) in [6, 6.07) is 8.55. The van der Waals surface area contributed by atoms with E-state index in [-0.39, 0.29) is 5.92 Å². The maximum absolute atomic E-state index is 12.6. The highest BCUT2D eigenvalue weighted by atomic mass is 16.2. The molecule has 128 valence electrons. The van der Waals surface area contributed by atoms with E-state index in [4.69, 9.17) is 4.98 Å². The Morgan fingerprint density at radius 1 is 1.21 bits per heavy atom. The summed E-state index contributed by atoms with van der Waals surface area (Å²) < 4.78 is 2.17. The summed E-state index contributed by atoms with van der Waals surface area (Å²) >= 11 is 0. The third-order valence-corrected chi connectivity index (χ3v) is 5.79. The van der Waals surface area contributed by atoms with Crippen LogP contribution in [0.25, 0.3) is 11.0 Å². The van der Waals surface area contributed by atoms with E-state index in [2.05, 4.69) is 34.7 Å². The zero-order chi connectivity index (χ0) is 16.7. The Hall–Kier alpha value is -2.04. The van der Waals surface area contributed by atoms with E-state index < -0.39 is 0 Å². The van der Waals surface area contributed by atoms with Crippen molar-refractivity contribution in [3.05, 3.63) is 24.3 Å². The molecule has 2 aliphatic rings. The van der Waals surface area contributed by atoms with E-state index in [1.54, 1.807) is 0 Å². The van der Waals surface area contributed by atoms with Crippen LogP contribution in [0, 0.1) is 5.92 Å². The first-order valence-electron chi connectivity index (χ1n) is 9.08. The van der Waals surface area contributed by atoms with Gasteiger partial charge < -0.3 is 14.4 Å². The Kier molecular flexibility index (Phi) is 3.94. The van der Waals surface area contributed by atoms with Gasteiger partial charge in [0, 0.05) is 39.1 Å². The van der Waals surface area contributed by atoms with Crippen LogP contribution in [0.2, 0.25) is 0 Å². The number of carbonyl (C=O) groups excluding carboxylic acids is 1. The number of rotatable bonds is 3. The fourth-order valence-electron chi connectivity index (χ4n) is 3.99. The molecule has 5 nitrogen and oxygen atoms in total. The van der Waals surface area contributed by atoms with Gasteiger partial charge >= 0.3 is 0 Å². The number of imidazole rings is 1. The van der Waals surface area contributed by atoms with Crippen molar-refractivity contribution < 1.29 is 4.79 Å². The van der Waals surface area contributed by atoms with E-state index >= 15 is 0 Å². The normalized spacial score (nSPS) is 21.8. The first kappa shape index (κ1) is 15.5. The topological polar surface area (TPSA) is 41.4 Å². The molecule has 0 N–H and O–H groups in total. The molecule has 2 aromatic rings. The van der Waals surface area contributed by atoms with Gasteiger partial charge in [-0.1, -0.05) is 18.6 Å². The van der Waals surface area contributed by atoms with Crippen LogP contribution in [0.4, 0.5) is 5.95 Å². The number of piperidine rings is 1. The number of aryl methyl sites for hydroxylation is 1. The average Bonchev–Trinajstić information content (AvgIpc) is 2.90. The summed E-state index contributed by atoms with van der Waals surface area (Å²) in [5.41, 5.74) is 2.20. The van der Waals surface area contributed by atoms with Gasteiger partial charge in [-0.3, -0.25) is 4.79 Å². The van der Waals surface area contributed by atoms with Crippen molar-refractivity contribution in [2.45, 2.75) is 38.1 Å². The number of aromatic nitrogens is 2. The molecule has 4 rings (SSSR count). The lowest BCUT2D eigenvalue weighted by molar-refractivity contribution is -0.139. The summed E-state index contributed by atoms with van der Waals surface area (Å²) in [6.07, 6.45) is 5.56. The van der Waals surface area contributed by atoms with Crippen molar-refractivity contribution in [1.82, 2.24) is 14.5 Å². The highest BCUT2D eigenvalue weighted by Gasteiger charge is 2.33. The van der Waals surface area contributed by atoms with Crippen molar-refractivity contribution >= 4 is 22.9 Å². The van der Waals surface area contributed by atoms with Gasteiger partial charge in [-0.15, -0.1) is 0 Å². The maximum atomic E-state index is 12.6. The summed E-state index contributed by atoms with van der Waals surface area (Å²) in [4.78, 5) is 21.7. The summed E-state index contributed by atoms with van der Waals surface area (Å²) in [7, 11) is 4.07. The van der Waals surface area contributed by atoms with E-state index in [9.17, 15) is 4.79 Å². The second kappa shape index (κ2) is 6.11. The summed E-state index contributed by atoms with van der Waals surface area (Å²) in [5, 5.41) is 0. The van der Waals surface area contributed by atoms with Gasteiger partial charge in [0.25, 0.3) is 0 Å². The van der Waals surface area contributed by atoms with Crippen LogP contribution in [0.3, 0.4) is 0 Å². The van der Waals surface area contributed by atoms with Crippen molar-refractivity contribution in [2.75, 3.05) is 25.0 Å². The standard InChI is InChI=1S/C19H26N4O/c1-21(18(24)14-7-5-8-14)15-9-6-12-23(13-15)19-20-16-10-3-4-11-17(16)22(19)2/h3-4,10-11,14-15H,5-9,12-13H2,1-2H3. The quantitative estimate of drug-likeness (QED) is 0.871. The Labute approximate surface area is 143 Å². The molecule has 1 atom stereocenters. The Bertz CT molecular complexity index is 749. The van der Waals surface area contributed by atoms with Gasteiger partial charge in [0.1, 0.15) is 0 Å². The number of nitrogens with zero attached hydrogens (tertiary/aromatic N) is 4. The average molecular weight is 326 g/mol. The third-order valence-electron chi connectivity index (χ3n) is 5.79. The monoisotopic (exact) mass is 326 g/mol. The van der Waals surface area contributed by atoms with Crippen LogP contribution in [0.5, 0.6) is 0 Å². The maximum Gasteiger partial charge on any atom is 0.225 e. The van der Waals surface area contributed by atoms with Crippen LogP contribution in [0.15, 0.2) is 24.3 Å². The van der Waals surface area contributed by atoms with Crippen molar-refractivity contribution in [3.8, 4) is 0 Å². The second-order valence-electron chi connectivity index (χ2n) is 7.28. The minimum atomic E-state index is 0.279. The van der Waals surface area contributed by atoms with E-state index in [1.807, 2.05) is 18.0 Å². The molecule has 5 heteroatoms. The first-order valence-corrected chi connectivity index (χ1v) is 9.08. The zero-order valence-corrected chi connectivity index (χ0v) is 14.6. The number of carbonyl (C=O) groups is 1. The molecule has 1 aliphatic carbocycles. The predicted octanol–water partition coefficient (Wildman–Crippen LogP) is 2.80. The van der Waals surface area contributed by atoms with E-state index in [0.29, 0.717) is 11.9 Å². The van der Waals surface area contributed by atoms with Crippen LogP contribution in [-0.4, -0.2) is 46.5 Å². The molecule has 1 saturated heterocycles. The molecule has 24 heavy (non-hydrogen) atoms. The van der Waals surface area contributed by atoms with E-state index in [1.165, 1.54) is 6.42 Å². The number of hydrogen-bond acceptors (Lipinski definition) is 3. The van der Waals surface area contributed by atoms with Crippen molar-refractivity contribution in [3.63, 3.8) is 0 Å². The number of anilines is 1. The molecular weight excluding hydrogens is 300 g/mol. The number of likely N-dealkylation sites (N-methyl/N-ethyl adjacent to an activating group) is 1. The number of benzene rings is 1. The fraction of sp³-hybridized carbons (Fsp3) is 0.579. The summed E-state index contributed by atoms with van der Waals surface area (Å²) in [5.74, 6) is 1.64. The highest BCUT2D eigenvalue weighted by Crippen LogP contribution is 2.30. The van der Waals surface area contributed by atoms with E-state index in [0.717, 1.165) is 55.8 Å². The Morgan fingerprint density at radius 3 is 2.71 bits per heavy atom. The largest absolute Gasteiger partial charge is 0.341 e. The number of fused-ring (bicyclic) bond motifs is 1. The molecule has 0 radical (unpaired) electrons. The first-order chi connectivity index (χ1) is 11.6. The molecule has 1 unspecified atom stereocenters. The highest BCUT2D eigenvalue weighted by molar-refractivity contribution is 5.80. The zero-order valence-electron chi connectivity index (χ0n) is 14.6. The van der Waals surface area contributed by atoms with Gasteiger partial charge in [0.05, 0.1) is 11.0 Å². The van der Waals surface area contributed by atoms with Gasteiger partial charge in [-0.05, 0) is 37.8 Å². The fourth-order valence-corrected chi connectivity index (χ4v) is 3.99. The van der Waals surface area contributed by atoms with Gasteiger partial charge in [0.15, 0.2) is 0 Å². The minimum absolute atomic E-state index is 0.279. The number of amides is 1. The molecule has 1 aromatic carbocycles. The lowest BCUT2D eigenvalue weighted by Crippen LogP contribution is -2.51. The Morgan fingerprint density at radius 2 is 2.00 bits per heavy atom. The molecule has 1 aromatic heterocycles. The second-order valence-corrected chi connectivity index (χ2v) is 7.28. The van der Waals surface area contributed by atoms with Crippen LogP contribution >= 0.6 is 0 Å². The van der Waals surface area contributed by atoms with Crippen molar-refractivity contribution in [2.24, 2.45) is 13.0 Å². The van der Waals surface area contributed by atoms with Gasteiger partial charge in [0.2, 0.25) is 11.9 Å². The molecule has 0 bridgehead atoms. The molecule has 1 saturated carbocycles. The van der Waals surface area contributed by atoms with Crippen LogP contribution < -0.4 is 4.90 Å². The van der Waals surface area contributed by atoms with Crippen molar-refractivity contribution in [1.29, 1.82) is 0 Å². The third kappa shape index (κ3) is 2.56. The van der Waals surface area contributed by atoms with Crippen LogP contribution in [0.1, 0.15) is 32.1 Å². The lowest BCUT2D eigenvalue weighted by Gasteiger charge is -2.40. The minimum Gasteiger partial charge on any atom is -0.341 e. The Balaban J connectivity index is 1.53. The van der Waals surface area contributed by atoms with Gasteiger partial charge in [-0.25, -0.2) is 4.98 Å². The lowest BCUT2D eigenvalue weighted by atomic mass is 9.84. The molecule has 0 spiro atoms. The number of para-hydroxylation sites is 2. The molecule has 1 amide bonds. The number of hydrogen-bond donors (Lipinski definition) is 0.